The van der Waals surface area contributed by atoms with Crippen molar-refractivity contribution in [3.05, 3.63) is 47.8 Å². The molecule has 1 aliphatic heterocycles. The molecule has 0 unspecified atom stereocenters. The molecule has 23 heavy (non-hydrogen) atoms. The summed E-state index contributed by atoms with van der Waals surface area (Å²) in [6, 6.07) is 9.60. The Hall–Kier alpha value is -3.02. The van der Waals surface area contributed by atoms with Crippen molar-refractivity contribution in [2.24, 2.45) is 4.99 Å². The van der Waals surface area contributed by atoms with E-state index in [0.717, 1.165) is 0 Å². The summed E-state index contributed by atoms with van der Waals surface area (Å²) < 4.78 is 24.4. The SMILES string of the molecule is Oc1[nH]c2ccc(F)cc2c1C=Nc1ccc2c(c1)OCCO2. The van der Waals surface area contributed by atoms with E-state index in [1.54, 1.807) is 24.3 Å². The first-order valence-corrected chi connectivity index (χ1v) is 7.14. The molecule has 2 aromatic carbocycles. The summed E-state index contributed by atoms with van der Waals surface area (Å²) in [7, 11) is 0. The lowest BCUT2D eigenvalue weighted by Gasteiger charge is -2.18. The number of benzene rings is 2. The number of hydrogen-bond acceptors (Lipinski definition) is 4. The van der Waals surface area contributed by atoms with Gasteiger partial charge in [0.05, 0.1) is 11.3 Å². The smallest absolute Gasteiger partial charge is 0.198 e. The zero-order valence-electron chi connectivity index (χ0n) is 12.0. The Morgan fingerprint density at radius 3 is 2.78 bits per heavy atom. The highest BCUT2D eigenvalue weighted by Crippen LogP contribution is 2.34. The first-order valence-electron chi connectivity index (χ1n) is 7.14. The van der Waals surface area contributed by atoms with E-state index in [9.17, 15) is 9.50 Å². The molecule has 6 heteroatoms. The third-order valence-electron chi connectivity index (χ3n) is 3.65. The van der Waals surface area contributed by atoms with Gasteiger partial charge in [-0.2, -0.15) is 0 Å². The minimum atomic E-state index is -0.370. The molecule has 1 aliphatic rings. The van der Waals surface area contributed by atoms with Crippen LogP contribution in [0, 0.1) is 5.82 Å². The van der Waals surface area contributed by atoms with Gasteiger partial charge in [0.2, 0.25) is 0 Å². The number of aliphatic imine (C=N–C) groups is 1. The van der Waals surface area contributed by atoms with Gasteiger partial charge in [0.25, 0.3) is 0 Å². The zero-order valence-corrected chi connectivity index (χ0v) is 12.0. The van der Waals surface area contributed by atoms with Crippen molar-refractivity contribution < 1.29 is 19.0 Å². The minimum absolute atomic E-state index is 0.0492. The van der Waals surface area contributed by atoms with E-state index in [1.165, 1.54) is 18.3 Å². The molecule has 0 amide bonds. The van der Waals surface area contributed by atoms with Gasteiger partial charge in [-0.25, -0.2) is 4.39 Å². The molecule has 3 aromatic rings. The van der Waals surface area contributed by atoms with Gasteiger partial charge in [-0.05, 0) is 30.3 Å². The highest BCUT2D eigenvalue weighted by molar-refractivity contribution is 6.02. The summed E-state index contributed by atoms with van der Waals surface area (Å²) in [5, 5.41) is 10.6. The van der Waals surface area contributed by atoms with Crippen LogP contribution < -0.4 is 9.47 Å². The van der Waals surface area contributed by atoms with Crippen LogP contribution in [0.4, 0.5) is 10.1 Å². The van der Waals surface area contributed by atoms with Gasteiger partial charge in [-0.1, -0.05) is 0 Å². The number of nitrogens with zero attached hydrogens (tertiary/aromatic N) is 1. The number of ether oxygens (including phenoxy) is 2. The molecule has 4 rings (SSSR count). The van der Waals surface area contributed by atoms with Crippen LogP contribution in [0.5, 0.6) is 17.4 Å². The molecule has 2 N–H and O–H groups in total. The molecule has 5 nitrogen and oxygen atoms in total. The lowest BCUT2D eigenvalue weighted by molar-refractivity contribution is 0.171. The largest absolute Gasteiger partial charge is 0.494 e. The number of hydrogen-bond donors (Lipinski definition) is 2. The van der Waals surface area contributed by atoms with Crippen LogP contribution in [0.1, 0.15) is 5.56 Å². The number of nitrogens with one attached hydrogen (secondary N) is 1. The van der Waals surface area contributed by atoms with Gasteiger partial charge >= 0.3 is 0 Å². The molecule has 0 atom stereocenters. The molecule has 0 bridgehead atoms. The topological polar surface area (TPSA) is 66.8 Å². The van der Waals surface area contributed by atoms with Crippen molar-refractivity contribution in [2.75, 3.05) is 13.2 Å². The van der Waals surface area contributed by atoms with E-state index < -0.39 is 0 Å². The van der Waals surface area contributed by atoms with E-state index in [2.05, 4.69) is 9.98 Å². The first kappa shape index (κ1) is 13.6. The Bertz CT molecular complexity index is 918. The number of aromatic amines is 1. The van der Waals surface area contributed by atoms with Crippen molar-refractivity contribution in [1.82, 2.24) is 4.98 Å². The van der Waals surface area contributed by atoms with Crippen LogP contribution in [0.3, 0.4) is 0 Å². The average molecular weight is 312 g/mol. The van der Waals surface area contributed by atoms with Crippen LogP contribution in [0.2, 0.25) is 0 Å². The summed E-state index contributed by atoms with van der Waals surface area (Å²) in [5.74, 6) is 0.907. The Labute approximate surface area is 131 Å². The van der Waals surface area contributed by atoms with E-state index in [4.69, 9.17) is 9.47 Å². The molecule has 0 aliphatic carbocycles. The molecular formula is C17H13FN2O3. The standard InChI is InChI=1S/C17H13FN2O3/c18-10-1-3-14-12(7-10)13(17(21)20-14)9-19-11-2-4-15-16(8-11)23-6-5-22-15/h1-4,7-9,20-21H,5-6H2. The second-order valence-electron chi connectivity index (χ2n) is 5.16. The normalized spacial score (nSPS) is 13.8. The van der Waals surface area contributed by atoms with Gasteiger partial charge in [0.1, 0.15) is 19.0 Å². The van der Waals surface area contributed by atoms with Crippen LogP contribution in [0.15, 0.2) is 41.4 Å². The van der Waals surface area contributed by atoms with E-state index in [1.807, 2.05) is 0 Å². The molecule has 116 valence electrons. The van der Waals surface area contributed by atoms with Gasteiger partial charge in [0.15, 0.2) is 17.4 Å². The lowest BCUT2D eigenvalue weighted by atomic mass is 10.2. The Kier molecular flexibility index (Phi) is 3.15. The van der Waals surface area contributed by atoms with Gasteiger partial charge in [0, 0.05) is 23.2 Å². The molecule has 0 fully saturated rings. The molecule has 0 spiro atoms. The Balaban J connectivity index is 1.71. The average Bonchev–Trinajstić information content (AvgIpc) is 2.87. The van der Waals surface area contributed by atoms with Gasteiger partial charge in [-0.15, -0.1) is 0 Å². The van der Waals surface area contributed by atoms with E-state index in [-0.39, 0.29) is 11.7 Å². The quantitative estimate of drug-likeness (QED) is 0.711. The monoisotopic (exact) mass is 312 g/mol. The van der Waals surface area contributed by atoms with Crippen LogP contribution >= 0.6 is 0 Å². The number of aromatic nitrogens is 1. The maximum Gasteiger partial charge on any atom is 0.198 e. The van der Waals surface area contributed by atoms with Crippen molar-refractivity contribution in [2.45, 2.75) is 0 Å². The summed E-state index contributed by atoms with van der Waals surface area (Å²) >= 11 is 0. The number of halogens is 1. The lowest BCUT2D eigenvalue weighted by Crippen LogP contribution is -2.14. The number of fused-ring (bicyclic) bond motifs is 2. The van der Waals surface area contributed by atoms with E-state index in [0.29, 0.717) is 46.9 Å². The summed E-state index contributed by atoms with van der Waals surface area (Å²) in [5.41, 5.74) is 1.74. The summed E-state index contributed by atoms with van der Waals surface area (Å²) in [4.78, 5) is 7.13. The summed E-state index contributed by atoms with van der Waals surface area (Å²) in [6.07, 6.45) is 1.50. The van der Waals surface area contributed by atoms with E-state index >= 15 is 0 Å². The second-order valence-corrected chi connectivity index (χ2v) is 5.16. The Morgan fingerprint density at radius 2 is 1.91 bits per heavy atom. The van der Waals surface area contributed by atoms with Crippen LogP contribution in [-0.4, -0.2) is 29.5 Å². The maximum absolute atomic E-state index is 13.4. The molecule has 0 saturated heterocycles. The maximum atomic E-state index is 13.4. The van der Waals surface area contributed by atoms with Crippen LogP contribution in [-0.2, 0) is 0 Å². The van der Waals surface area contributed by atoms with Crippen molar-refractivity contribution in [3.63, 3.8) is 0 Å². The fraction of sp³-hybridized carbons (Fsp3) is 0.118. The molecular weight excluding hydrogens is 299 g/mol. The van der Waals surface area contributed by atoms with Crippen molar-refractivity contribution in [1.29, 1.82) is 0 Å². The highest BCUT2D eigenvalue weighted by atomic mass is 19.1. The predicted octanol–water partition coefficient (Wildman–Crippen LogP) is 3.53. The third kappa shape index (κ3) is 2.48. The van der Waals surface area contributed by atoms with Crippen LogP contribution in [0.25, 0.3) is 10.9 Å². The minimum Gasteiger partial charge on any atom is -0.494 e. The van der Waals surface area contributed by atoms with Crippen molar-refractivity contribution in [3.8, 4) is 17.4 Å². The van der Waals surface area contributed by atoms with Gasteiger partial charge < -0.3 is 19.6 Å². The number of H-pyrrole nitrogens is 1. The first-order chi connectivity index (χ1) is 11.2. The third-order valence-corrected chi connectivity index (χ3v) is 3.65. The highest BCUT2D eigenvalue weighted by Gasteiger charge is 2.12. The molecule has 0 saturated carbocycles. The fourth-order valence-electron chi connectivity index (χ4n) is 2.55. The zero-order chi connectivity index (χ0) is 15.8. The molecule has 1 aromatic heterocycles. The summed E-state index contributed by atoms with van der Waals surface area (Å²) in [6.45, 7) is 1.03. The Morgan fingerprint density at radius 1 is 1.09 bits per heavy atom. The number of aromatic hydroxyl groups is 1. The predicted molar refractivity (Wildman–Crippen MR) is 84.6 cm³/mol. The second kappa shape index (κ2) is 5.31. The number of rotatable bonds is 2. The fourth-order valence-corrected chi connectivity index (χ4v) is 2.55. The van der Waals surface area contributed by atoms with Crippen molar-refractivity contribution >= 4 is 22.8 Å². The molecule has 2 heterocycles. The van der Waals surface area contributed by atoms with Gasteiger partial charge in [-0.3, -0.25) is 4.99 Å². The molecule has 0 radical (unpaired) electrons.